The lowest BCUT2D eigenvalue weighted by Crippen LogP contribution is -2.42. The third kappa shape index (κ3) is 3.02. The predicted molar refractivity (Wildman–Crippen MR) is 81.8 cm³/mol. The van der Waals surface area contributed by atoms with E-state index in [-0.39, 0.29) is 11.9 Å². The smallest absolute Gasteiger partial charge is 0.249 e. The van der Waals surface area contributed by atoms with E-state index in [1.54, 1.807) is 0 Å². The summed E-state index contributed by atoms with van der Waals surface area (Å²) in [7, 11) is 4.16. The minimum atomic E-state index is 0.231. The highest BCUT2D eigenvalue weighted by Crippen LogP contribution is 2.27. The van der Waals surface area contributed by atoms with Crippen LogP contribution in [0.5, 0.6) is 0 Å². The number of amides is 1. The molecule has 21 heavy (non-hydrogen) atoms. The van der Waals surface area contributed by atoms with Crippen LogP contribution in [-0.4, -0.2) is 52.7 Å². The van der Waals surface area contributed by atoms with Crippen molar-refractivity contribution in [2.75, 3.05) is 27.2 Å². The summed E-state index contributed by atoms with van der Waals surface area (Å²) < 4.78 is 2.11. The van der Waals surface area contributed by atoms with Crippen LogP contribution in [0, 0.1) is 0 Å². The number of carbonyl (C=O) groups excluding carboxylic acids is 1. The lowest BCUT2D eigenvalue weighted by atomic mass is 10.1. The number of nitrogens with zero attached hydrogens (tertiary/aromatic N) is 4. The molecule has 1 amide bonds. The van der Waals surface area contributed by atoms with Crippen LogP contribution >= 0.6 is 0 Å². The van der Waals surface area contributed by atoms with Gasteiger partial charge in [-0.25, -0.2) is 0 Å². The first kappa shape index (κ1) is 14.3. The van der Waals surface area contributed by atoms with Crippen molar-refractivity contribution < 1.29 is 4.79 Å². The predicted octanol–water partition coefficient (Wildman–Crippen LogP) is 1.83. The molecule has 0 spiro atoms. The molecule has 5 nitrogen and oxygen atoms in total. The van der Waals surface area contributed by atoms with Crippen molar-refractivity contribution in [3.63, 3.8) is 0 Å². The number of hydrogen-bond acceptors (Lipinski definition) is 3. The minimum absolute atomic E-state index is 0.231. The van der Waals surface area contributed by atoms with E-state index in [0.29, 0.717) is 6.54 Å². The summed E-state index contributed by atoms with van der Waals surface area (Å²) in [6, 6.07) is 2.32. The van der Waals surface area contributed by atoms with Crippen LogP contribution in [0.15, 0.2) is 23.9 Å². The Bertz CT molecular complexity index is 546. The van der Waals surface area contributed by atoms with E-state index in [2.05, 4.69) is 34.9 Å². The van der Waals surface area contributed by atoms with Crippen LogP contribution in [0.3, 0.4) is 0 Å². The molecule has 1 aromatic heterocycles. The molecule has 2 aliphatic rings. The second-order valence-electron chi connectivity index (χ2n) is 6.32. The van der Waals surface area contributed by atoms with Crippen molar-refractivity contribution >= 4 is 5.91 Å². The van der Waals surface area contributed by atoms with E-state index in [9.17, 15) is 4.79 Å². The summed E-state index contributed by atoms with van der Waals surface area (Å²) in [4.78, 5) is 16.8. The Kier molecular flexibility index (Phi) is 4.10. The van der Waals surface area contributed by atoms with Crippen molar-refractivity contribution in [3.8, 4) is 0 Å². The van der Waals surface area contributed by atoms with E-state index in [0.717, 1.165) is 50.0 Å². The average Bonchev–Trinajstić information content (AvgIpc) is 3.14. The molecule has 0 fully saturated rings. The highest BCUT2D eigenvalue weighted by atomic mass is 16.2. The van der Waals surface area contributed by atoms with Crippen molar-refractivity contribution in [3.05, 3.63) is 29.6 Å². The van der Waals surface area contributed by atoms with Gasteiger partial charge in [-0.1, -0.05) is 6.08 Å². The molecule has 2 heterocycles. The highest BCUT2D eigenvalue weighted by Gasteiger charge is 2.30. The molecule has 3 rings (SSSR count). The zero-order chi connectivity index (χ0) is 14.8. The highest BCUT2D eigenvalue weighted by molar-refractivity contribution is 5.93. The summed E-state index contributed by atoms with van der Waals surface area (Å²) in [5.41, 5.74) is 2.16. The Balaban J connectivity index is 1.75. The normalized spacial score (nSPS) is 21.6. The fourth-order valence-corrected chi connectivity index (χ4v) is 3.23. The molecule has 5 heteroatoms. The quantitative estimate of drug-likeness (QED) is 0.849. The molecule has 1 aromatic rings. The third-order valence-electron chi connectivity index (χ3n) is 4.39. The van der Waals surface area contributed by atoms with Gasteiger partial charge in [0, 0.05) is 18.3 Å². The van der Waals surface area contributed by atoms with Crippen molar-refractivity contribution in [1.82, 2.24) is 19.6 Å². The maximum atomic E-state index is 12.6. The average molecular weight is 288 g/mol. The Labute approximate surface area is 126 Å². The van der Waals surface area contributed by atoms with Gasteiger partial charge in [0.05, 0.1) is 18.3 Å². The Morgan fingerprint density at radius 3 is 3.05 bits per heavy atom. The van der Waals surface area contributed by atoms with Gasteiger partial charge in [-0.05, 0) is 52.4 Å². The number of carbonyl (C=O) groups is 1. The molecule has 0 radical (unpaired) electrons. The number of hydrogen-bond donors (Lipinski definition) is 0. The Morgan fingerprint density at radius 2 is 2.33 bits per heavy atom. The van der Waals surface area contributed by atoms with Crippen LogP contribution in [-0.2, 0) is 11.3 Å². The second kappa shape index (κ2) is 6.02. The summed E-state index contributed by atoms with van der Waals surface area (Å²) in [6.07, 6.45) is 8.10. The molecular weight excluding hydrogens is 264 g/mol. The largest absolute Gasteiger partial charge is 0.331 e. The molecule has 0 bridgehead atoms. The molecule has 1 atom stereocenters. The Morgan fingerprint density at radius 1 is 1.48 bits per heavy atom. The topological polar surface area (TPSA) is 41.4 Å². The van der Waals surface area contributed by atoms with E-state index in [1.807, 2.05) is 17.2 Å². The second-order valence-corrected chi connectivity index (χ2v) is 6.32. The van der Waals surface area contributed by atoms with Crippen molar-refractivity contribution in [2.45, 2.75) is 38.3 Å². The van der Waals surface area contributed by atoms with Crippen LogP contribution in [0.1, 0.15) is 37.4 Å². The monoisotopic (exact) mass is 288 g/mol. The van der Waals surface area contributed by atoms with Crippen molar-refractivity contribution in [2.24, 2.45) is 0 Å². The SMILES string of the molecule is CN(C)CC[C@H]1CN(C(=O)C2=CCCC2)Cc2ccnn21. The number of fused-ring (bicyclic) bond motifs is 1. The summed E-state index contributed by atoms with van der Waals surface area (Å²) >= 11 is 0. The first-order chi connectivity index (χ1) is 10.1. The third-order valence-corrected chi connectivity index (χ3v) is 4.39. The first-order valence-corrected chi connectivity index (χ1v) is 7.80. The maximum absolute atomic E-state index is 12.6. The van der Waals surface area contributed by atoms with Gasteiger partial charge >= 0.3 is 0 Å². The lowest BCUT2D eigenvalue weighted by Gasteiger charge is -2.34. The molecule has 1 aliphatic heterocycles. The van der Waals surface area contributed by atoms with Gasteiger partial charge in [-0.2, -0.15) is 5.10 Å². The van der Waals surface area contributed by atoms with E-state index < -0.39 is 0 Å². The molecule has 0 N–H and O–H groups in total. The summed E-state index contributed by atoms with van der Waals surface area (Å²) in [5, 5.41) is 4.45. The lowest BCUT2D eigenvalue weighted by molar-refractivity contribution is -0.129. The number of allylic oxidation sites excluding steroid dienone is 1. The van der Waals surface area contributed by atoms with Crippen molar-refractivity contribution in [1.29, 1.82) is 0 Å². The van der Waals surface area contributed by atoms with E-state index in [4.69, 9.17) is 0 Å². The summed E-state index contributed by atoms with van der Waals surface area (Å²) in [5.74, 6) is 0.231. The zero-order valence-corrected chi connectivity index (χ0v) is 13.0. The van der Waals surface area contributed by atoms with Gasteiger partial charge in [-0.15, -0.1) is 0 Å². The van der Waals surface area contributed by atoms with Crippen LogP contribution in [0.25, 0.3) is 0 Å². The van der Waals surface area contributed by atoms with Gasteiger partial charge in [0.25, 0.3) is 0 Å². The number of rotatable bonds is 4. The van der Waals surface area contributed by atoms with Crippen LogP contribution in [0.4, 0.5) is 0 Å². The molecule has 0 unspecified atom stereocenters. The fraction of sp³-hybridized carbons (Fsp3) is 0.625. The minimum Gasteiger partial charge on any atom is -0.331 e. The van der Waals surface area contributed by atoms with Crippen LogP contribution < -0.4 is 0 Å². The van der Waals surface area contributed by atoms with Gasteiger partial charge in [0.1, 0.15) is 0 Å². The van der Waals surface area contributed by atoms with Crippen LogP contribution in [0.2, 0.25) is 0 Å². The first-order valence-electron chi connectivity index (χ1n) is 7.80. The molecule has 0 saturated heterocycles. The van der Waals surface area contributed by atoms with E-state index >= 15 is 0 Å². The molecule has 114 valence electrons. The van der Waals surface area contributed by atoms with Gasteiger partial charge < -0.3 is 9.80 Å². The van der Waals surface area contributed by atoms with E-state index in [1.165, 1.54) is 0 Å². The molecule has 0 saturated carbocycles. The fourth-order valence-electron chi connectivity index (χ4n) is 3.23. The summed E-state index contributed by atoms with van der Waals surface area (Å²) in [6.45, 7) is 2.47. The molecule has 0 aromatic carbocycles. The standard InChI is InChI=1S/C16H24N4O/c1-18(2)10-8-15-12-19(11-14-7-9-17-20(14)15)16(21)13-5-3-4-6-13/h5,7,9,15H,3-4,6,8,10-12H2,1-2H3/t15-/m0/s1. The van der Waals surface area contributed by atoms with Gasteiger partial charge in [-0.3, -0.25) is 9.48 Å². The maximum Gasteiger partial charge on any atom is 0.249 e. The molecular formula is C16H24N4O. The number of aromatic nitrogens is 2. The van der Waals surface area contributed by atoms with Gasteiger partial charge in [0.2, 0.25) is 5.91 Å². The zero-order valence-electron chi connectivity index (χ0n) is 13.0. The molecule has 1 aliphatic carbocycles. The van der Waals surface area contributed by atoms with Gasteiger partial charge in [0.15, 0.2) is 0 Å². The Hall–Kier alpha value is -1.62.